The van der Waals surface area contributed by atoms with Crippen LogP contribution < -0.4 is 9.47 Å². The Labute approximate surface area is 140 Å². The molecule has 124 valence electrons. The van der Waals surface area contributed by atoms with Crippen molar-refractivity contribution >= 4 is 20.5 Å². The van der Waals surface area contributed by atoms with Crippen molar-refractivity contribution in [3.8, 4) is 11.6 Å². The number of hydrogen-bond donors (Lipinski definition) is 2. The molecule has 0 bridgehead atoms. The first-order valence-electron chi connectivity index (χ1n) is 7.25. The van der Waals surface area contributed by atoms with Crippen LogP contribution >= 0.6 is 0 Å². The molecule has 2 N–H and O–H groups in total. The summed E-state index contributed by atoms with van der Waals surface area (Å²) in [6.45, 7) is 0.321. The topological polar surface area (TPSA) is 91.9 Å². The quantitative estimate of drug-likeness (QED) is 0.736. The number of rotatable bonds is 5. The monoisotopic (exact) mass is 342 g/mol. The van der Waals surface area contributed by atoms with E-state index in [1.54, 1.807) is 13.4 Å². The zero-order valence-corrected chi connectivity index (χ0v) is 14.3. The number of hydrogen-bond acceptors (Lipinski definition) is 6. The molecule has 0 amide bonds. The van der Waals surface area contributed by atoms with Crippen LogP contribution in [0.2, 0.25) is 0 Å². The first kappa shape index (κ1) is 16.2. The molecule has 1 aromatic heterocycles. The molecule has 24 heavy (non-hydrogen) atoms. The Morgan fingerprint density at radius 3 is 2.67 bits per heavy atom. The van der Waals surface area contributed by atoms with E-state index in [2.05, 4.69) is 9.97 Å². The summed E-state index contributed by atoms with van der Waals surface area (Å²) in [7, 11) is -0.634. The lowest BCUT2D eigenvalue weighted by molar-refractivity contribution is 0.297. The highest BCUT2D eigenvalue weighted by molar-refractivity contribution is 7.92. The summed E-state index contributed by atoms with van der Waals surface area (Å²) < 4.78 is 26.8. The van der Waals surface area contributed by atoms with Crippen LogP contribution in [0, 0.1) is 9.56 Å². The highest BCUT2D eigenvalue weighted by atomic mass is 32.2. The van der Waals surface area contributed by atoms with Gasteiger partial charge in [-0.25, -0.2) is 9.97 Å². The van der Waals surface area contributed by atoms with E-state index in [1.165, 1.54) is 6.33 Å². The van der Waals surface area contributed by atoms with Crippen molar-refractivity contribution in [1.82, 2.24) is 9.97 Å². The predicted molar refractivity (Wildman–Crippen MR) is 93.9 cm³/mol. The Bertz CT molecular complexity index is 987. The molecule has 0 saturated carbocycles. The van der Waals surface area contributed by atoms with Crippen molar-refractivity contribution in [2.45, 2.75) is 11.5 Å². The van der Waals surface area contributed by atoms with Gasteiger partial charge in [-0.05, 0) is 39.4 Å². The molecule has 0 aliphatic heterocycles. The van der Waals surface area contributed by atoms with E-state index < -0.39 is 9.62 Å². The third-order valence-corrected chi connectivity index (χ3v) is 4.75. The molecule has 0 aliphatic rings. The molecule has 1 heterocycles. The van der Waals surface area contributed by atoms with Gasteiger partial charge in [0, 0.05) is 17.2 Å². The van der Waals surface area contributed by atoms with E-state index in [4.69, 9.17) is 19.0 Å². The molecule has 6 nitrogen and oxygen atoms in total. The Kier molecular flexibility index (Phi) is 4.35. The second kappa shape index (κ2) is 6.45. The van der Waals surface area contributed by atoms with Crippen LogP contribution in [-0.2, 0) is 16.2 Å². The molecule has 0 fully saturated rings. The van der Waals surface area contributed by atoms with Gasteiger partial charge < -0.3 is 9.47 Å². The molecule has 0 unspecified atom stereocenters. The molecule has 0 saturated heterocycles. The van der Waals surface area contributed by atoms with Gasteiger partial charge in [0.1, 0.15) is 18.7 Å². The maximum absolute atomic E-state index is 7.89. The first-order chi connectivity index (χ1) is 11.5. The summed E-state index contributed by atoms with van der Waals surface area (Å²) >= 11 is 0. The summed E-state index contributed by atoms with van der Waals surface area (Å²) in [5.41, 5.74) is 1.66. The number of aromatic nitrogens is 2. The number of fused-ring (bicyclic) bond motifs is 1. The normalized spacial score (nSPS) is 11.4. The van der Waals surface area contributed by atoms with Gasteiger partial charge in [-0.15, -0.1) is 0 Å². The van der Waals surface area contributed by atoms with E-state index in [1.807, 2.05) is 42.5 Å². The van der Waals surface area contributed by atoms with Crippen LogP contribution in [0.3, 0.4) is 0 Å². The van der Waals surface area contributed by atoms with Gasteiger partial charge >= 0.3 is 0 Å². The molecule has 2 aromatic carbocycles. The third kappa shape index (κ3) is 3.46. The highest BCUT2D eigenvalue weighted by Gasteiger charge is 2.07. The largest absolute Gasteiger partial charge is 0.497 e. The molecule has 7 heteroatoms. The standard InChI is InChI=1S/C17H18N4O2S/c1-22-13-6-7-15-16(9-13)20-11-21-17(15)23-10-12-4-3-5-14(8-12)24(2,18)19/h3-9,11,18-19H,10H2,1-2H3. The molecular weight excluding hydrogens is 324 g/mol. The van der Waals surface area contributed by atoms with Gasteiger partial charge in [0.05, 0.1) is 18.0 Å². The van der Waals surface area contributed by atoms with Gasteiger partial charge in [0.25, 0.3) is 0 Å². The van der Waals surface area contributed by atoms with Crippen LogP contribution in [0.4, 0.5) is 0 Å². The zero-order chi connectivity index (χ0) is 17.2. The summed E-state index contributed by atoms with van der Waals surface area (Å²) in [5.74, 6) is 1.23. The Hall–Kier alpha value is -2.67. The fraction of sp³-hybridized carbons (Fsp3) is 0.176. The van der Waals surface area contributed by atoms with Gasteiger partial charge in [-0.2, -0.15) is 0 Å². The van der Waals surface area contributed by atoms with Crippen molar-refractivity contribution in [2.24, 2.45) is 0 Å². The molecule has 3 rings (SSSR count). The molecule has 0 radical (unpaired) electrons. The van der Waals surface area contributed by atoms with Gasteiger partial charge in [0.2, 0.25) is 5.88 Å². The van der Waals surface area contributed by atoms with Crippen LogP contribution in [0.5, 0.6) is 11.6 Å². The average Bonchev–Trinajstić information content (AvgIpc) is 2.59. The maximum atomic E-state index is 7.89. The van der Waals surface area contributed by atoms with E-state index in [9.17, 15) is 0 Å². The van der Waals surface area contributed by atoms with Gasteiger partial charge in [0.15, 0.2) is 0 Å². The lowest BCUT2D eigenvalue weighted by Gasteiger charge is -2.10. The van der Waals surface area contributed by atoms with Crippen molar-refractivity contribution in [2.75, 3.05) is 13.4 Å². The third-order valence-electron chi connectivity index (χ3n) is 3.55. The van der Waals surface area contributed by atoms with Crippen molar-refractivity contribution < 1.29 is 9.47 Å². The van der Waals surface area contributed by atoms with E-state index in [0.717, 1.165) is 22.2 Å². The van der Waals surface area contributed by atoms with Crippen LogP contribution in [0.1, 0.15) is 5.56 Å². The maximum Gasteiger partial charge on any atom is 0.224 e. The fourth-order valence-electron chi connectivity index (χ4n) is 2.30. The lowest BCUT2D eigenvalue weighted by atomic mass is 10.2. The minimum Gasteiger partial charge on any atom is -0.497 e. The van der Waals surface area contributed by atoms with E-state index in [0.29, 0.717) is 17.4 Å². The zero-order valence-electron chi connectivity index (χ0n) is 13.4. The number of methoxy groups -OCH3 is 1. The lowest BCUT2D eigenvalue weighted by Crippen LogP contribution is -2.00. The molecule has 0 aliphatic carbocycles. The SMILES string of the molecule is COc1ccc2c(OCc3cccc(S(C)(=N)=N)c3)ncnc2c1. The van der Waals surface area contributed by atoms with Crippen molar-refractivity contribution in [1.29, 1.82) is 9.56 Å². The first-order valence-corrected chi connectivity index (χ1v) is 9.29. The number of nitrogens with one attached hydrogen (secondary N) is 2. The molecule has 0 atom stereocenters. The predicted octanol–water partition coefficient (Wildman–Crippen LogP) is 3.88. The van der Waals surface area contributed by atoms with Crippen LogP contribution in [0.15, 0.2) is 53.7 Å². The summed E-state index contributed by atoms with van der Waals surface area (Å²) in [4.78, 5) is 9.15. The fourth-order valence-corrected chi connectivity index (χ4v) is 3.03. The summed E-state index contributed by atoms with van der Waals surface area (Å²) in [6, 6.07) is 13.0. The van der Waals surface area contributed by atoms with E-state index in [-0.39, 0.29) is 0 Å². The second-order valence-electron chi connectivity index (χ2n) is 5.42. The van der Waals surface area contributed by atoms with Gasteiger partial charge in [-0.3, -0.25) is 9.56 Å². The molecule has 3 aromatic rings. The van der Waals surface area contributed by atoms with Crippen LogP contribution in [-0.4, -0.2) is 23.3 Å². The average molecular weight is 342 g/mol. The smallest absolute Gasteiger partial charge is 0.224 e. The second-order valence-corrected chi connectivity index (χ2v) is 7.73. The summed E-state index contributed by atoms with van der Waals surface area (Å²) in [5, 5.41) is 0.811. The Morgan fingerprint density at radius 1 is 1.08 bits per heavy atom. The number of ether oxygens (including phenoxy) is 2. The van der Waals surface area contributed by atoms with Crippen molar-refractivity contribution in [3.05, 3.63) is 54.4 Å². The van der Waals surface area contributed by atoms with Gasteiger partial charge in [-0.1, -0.05) is 12.1 Å². The number of nitrogens with zero attached hydrogens (tertiary/aromatic N) is 2. The minimum atomic E-state index is -2.25. The Balaban J connectivity index is 1.86. The summed E-state index contributed by atoms with van der Waals surface area (Å²) in [6.07, 6.45) is 3.08. The molecule has 0 spiro atoms. The molecular formula is C17H18N4O2S. The Morgan fingerprint density at radius 2 is 1.92 bits per heavy atom. The van der Waals surface area contributed by atoms with Crippen molar-refractivity contribution in [3.63, 3.8) is 0 Å². The van der Waals surface area contributed by atoms with Crippen LogP contribution in [0.25, 0.3) is 10.9 Å². The van der Waals surface area contributed by atoms with E-state index >= 15 is 0 Å². The number of benzene rings is 2. The highest BCUT2D eigenvalue weighted by Crippen LogP contribution is 2.26. The minimum absolute atomic E-state index is 0.321.